The zero-order chi connectivity index (χ0) is 10.6. The molecule has 0 radical (unpaired) electrons. The molecule has 0 aromatic heterocycles. The minimum absolute atomic E-state index is 0.151. The number of hydrogen-bond donors (Lipinski definition) is 2. The second-order valence-corrected chi connectivity index (χ2v) is 4.15. The number of amides is 1. The first kappa shape index (κ1) is 12.4. The largest absolute Gasteiger partial charge is 0.369 e. The highest BCUT2D eigenvalue weighted by Gasteiger charge is 2.20. The Bertz CT molecular complexity index is 202. The topological polar surface area (TPSA) is 46.3 Å². The van der Waals surface area contributed by atoms with Gasteiger partial charge in [0, 0.05) is 18.7 Å². The molecule has 0 aliphatic heterocycles. The molecule has 0 saturated heterocycles. The Morgan fingerprint density at radius 1 is 1.62 bits per heavy atom. The predicted octanol–water partition coefficient (Wildman–Crippen LogP) is 1.42. The number of allylic oxidation sites excluding steroid dienone is 1. The van der Waals surface area contributed by atoms with Gasteiger partial charge in [-0.15, -0.1) is 0 Å². The fraction of sp³-hybridized carbons (Fsp3) is 0.667. The highest BCUT2D eigenvalue weighted by atomic mass is 32.1. The first-order valence-electron chi connectivity index (χ1n) is 4.26. The van der Waals surface area contributed by atoms with Crippen LogP contribution in [0.2, 0.25) is 0 Å². The molecule has 1 unspecified atom stereocenters. The fourth-order valence-electron chi connectivity index (χ4n) is 1.05. The van der Waals surface area contributed by atoms with Crippen molar-refractivity contribution in [3.05, 3.63) is 12.3 Å². The molecule has 2 N–H and O–H groups in total. The standard InChI is InChI=1S/C9H18N2OS/c1-6(2)8(9(10)12)5-7(3)11(4)13/h6,8,13H,3,5H2,1-2,4H3,(H2,10,12). The average molecular weight is 202 g/mol. The molecule has 0 rings (SSSR count). The summed E-state index contributed by atoms with van der Waals surface area (Å²) in [7, 11) is 1.78. The zero-order valence-electron chi connectivity index (χ0n) is 8.45. The van der Waals surface area contributed by atoms with Crippen LogP contribution in [0, 0.1) is 11.8 Å². The van der Waals surface area contributed by atoms with Crippen LogP contribution in [0.1, 0.15) is 20.3 Å². The number of nitrogens with zero attached hydrogens (tertiary/aromatic N) is 1. The van der Waals surface area contributed by atoms with Gasteiger partial charge in [0.1, 0.15) is 0 Å². The molecule has 1 atom stereocenters. The predicted molar refractivity (Wildman–Crippen MR) is 58.0 cm³/mol. The van der Waals surface area contributed by atoms with Crippen molar-refractivity contribution in [3.8, 4) is 0 Å². The van der Waals surface area contributed by atoms with E-state index in [-0.39, 0.29) is 17.7 Å². The van der Waals surface area contributed by atoms with Crippen molar-refractivity contribution in [1.82, 2.24) is 4.31 Å². The lowest BCUT2D eigenvalue weighted by Crippen LogP contribution is -2.29. The molecule has 0 aromatic rings. The summed E-state index contributed by atoms with van der Waals surface area (Å²) in [5.74, 6) is -0.184. The van der Waals surface area contributed by atoms with Crippen LogP contribution in [-0.4, -0.2) is 17.3 Å². The van der Waals surface area contributed by atoms with Gasteiger partial charge in [0.25, 0.3) is 0 Å². The van der Waals surface area contributed by atoms with Gasteiger partial charge in [0.2, 0.25) is 5.91 Å². The maximum Gasteiger partial charge on any atom is 0.221 e. The van der Waals surface area contributed by atoms with Gasteiger partial charge in [-0.25, -0.2) is 0 Å². The number of rotatable bonds is 5. The van der Waals surface area contributed by atoms with Gasteiger partial charge in [-0.2, -0.15) is 0 Å². The quantitative estimate of drug-likeness (QED) is 0.662. The van der Waals surface area contributed by atoms with E-state index in [1.54, 1.807) is 11.4 Å². The molecule has 3 nitrogen and oxygen atoms in total. The molecule has 0 heterocycles. The van der Waals surface area contributed by atoms with Gasteiger partial charge >= 0.3 is 0 Å². The van der Waals surface area contributed by atoms with Crippen molar-refractivity contribution in [1.29, 1.82) is 0 Å². The summed E-state index contributed by atoms with van der Waals surface area (Å²) < 4.78 is 1.61. The summed E-state index contributed by atoms with van der Waals surface area (Å²) in [6, 6.07) is 0. The summed E-state index contributed by atoms with van der Waals surface area (Å²) in [6.07, 6.45) is 0.576. The van der Waals surface area contributed by atoms with Gasteiger partial charge in [-0.1, -0.05) is 33.2 Å². The Labute approximate surface area is 85.5 Å². The van der Waals surface area contributed by atoms with Crippen molar-refractivity contribution < 1.29 is 4.79 Å². The van der Waals surface area contributed by atoms with E-state index in [0.717, 1.165) is 5.70 Å². The summed E-state index contributed by atoms with van der Waals surface area (Å²) in [5, 5.41) is 0. The molecule has 1 amide bonds. The van der Waals surface area contributed by atoms with E-state index in [9.17, 15) is 4.79 Å². The number of primary amides is 1. The normalized spacial score (nSPS) is 12.7. The van der Waals surface area contributed by atoms with Gasteiger partial charge < -0.3 is 10.0 Å². The molecular weight excluding hydrogens is 184 g/mol. The molecule has 0 saturated carbocycles. The van der Waals surface area contributed by atoms with Crippen LogP contribution in [-0.2, 0) is 4.79 Å². The lowest BCUT2D eigenvalue weighted by molar-refractivity contribution is -0.123. The van der Waals surface area contributed by atoms with E-state index in [0.29, 0.717) is 6.42 Å². The van der Waals surface area contributed by atoms with E-state index < -0.39 is 0 Å². The van der Waals surface area contributed by atoms with Crippen molar-refractivity contribution in [3.63, 3.8) is 0 Å². The van der Waals surface area contributed by atoms with Crippen LogP contribution >= 0.6 is 12.8 Å². The van der Waals surface area contributed by atoms with E-state index >= 15 is 0 Å². The maximum atomic E-state index is 11.0. The van der Waals surface area contributed by atoms with Crippen molar-refractivity contribution in [2.45, 2.75) is 20.3 Å². The molecule has 0 aliphatic carbocycles. The minimum atomic E-state index is -0.272. The summed E-state index contributed by atoms with van der Waals surface area (Å²) >= 11 is 4.09. The Hall–Kier alpha value is -0.640. The highest BCUT2D eigenvalue weighted by Crippen LogP contribution is 2.20. The molecular formula is C9H18N2OS. The number of carbonyl (C=O) groups is 1. The van der Waals surface area contributed by atoms with Crippen LogP contribution in [0.25, 0.3) is 0 Å². The van der Waals surface area contributed by atoms with E-state index in [4.69, 9.17) is 5.73 Å². The zero-order valence-corrected chi connectivity index (χ0v) is 9.34. The van der Waals surface area contributed by atoms with Crippen molar-refractivity contribution in [2.75, 3.05) is 7.05 Å². The van der Waals surface area contributed by atoms with Gasteiger partial charge in [0.15, 0.2) is 0 Å². The van der Waals surface area contributed by atoms with E-state index in [2.05, 4.69) is 19.4 Å². The molecule has 0 spiro atoms. The van der Waals surface area contributed by atoms with Crippen molar-refractivity contribution in [2.24, 2.45) is 17.6 Å². The molecule has 0 fully saturated rings. The van der Waals surface area contributed by atoms with Gasteiger partial charge in [0.05, 0.1) is 0 Å². The minimum Gasteiger partial charge on any atom is -0.369 e. The third-order valence-corrected chi connectivity index (χ3v) is 2.37. The lowest BCUT2D eigenvalue weighted by atomic mass is 9.91. The first-order chi connectivity index (χ1) is 5.86. The van der Waals surface area contributed by atoms with Gasteiger partial charge in [-0.3, -0.25) is 4.79 Å². The number of carbonyl (C=O) groups excluding carboxylic acids is 1. The van der Waals surface area contributed by atoms with Crippen LogP contribution in [0.5, 0.6) is 0 Å². The average Bonchev–Trinajstić information content (AvgIpc) is 1.97. The van der Waals surface area contributed by atoms with Crippen molar-refractivity contribution >= 4 is 18.7 Å². The molecule has 0 aromatic carbocycles. The second-order valence-electron chi connectivity index (χ2n) is 3.55. The van der Waals surface area contributed by atoms with E-state index in [1.165, 1.54) is 0 Å². The van der Waals surface area contributed by atoms with Crippen LogP contribution in [0.15, 0.2) is 12.3 Å². The monoisotopic (exact) mass is 202 g/mol. The molecule has 0 bridgehead atoms. The Morgan fingerprint density at radius 2 is 2.08 bits per heavy atom. The number of hydrogen-bond acceptors (Lipinski definition) is 3. The third kappa shape index (κ3) is 4.22. The molecule has 13 heavy (non-hydrogen) atoms. The molecule has 4 heteroatoms. The number of nitrogens with two attached hydrogens (primary N) is 1. The van der Waals surface area contributed by atoms with Crippen LogP contribution < -0.4 is 5.73 Å². The molecule has 0 aliphatic rings. The third-order valence-electron chi connectivity index (χ3n) is 2.08. The first-order valence-corrected chi connectivity index (χ1v) is 4.66. The van der Waals surface area contributed by atoms with E-state index in [1.807, 2.05) is 13.8 Å². The summed E-state index contributed by atoms with van der Waals surface area (Å²) in [5.41, 5.74) is 6.07. The molecule has 76 valence electrons. The Morgan fingerprint density at radius 3 is 2.31 bits per heavy atom. The summed E-state index contributed by atoms with van der Waals surface area (Å²) in [4.78, 5) is 11.0. The highest BCUT2D eigenvalue weighted by molar-refractivity contribution is 7.77. The second kappa shape index (κ2) is 5.17. The SMILES string of the molecule is C=C(CC(C(N)=O)C(C)C)N(C)S. The fourth-order valence-corrected chi connectivity index (χ4v) is 1.13. The summed E-state index contributed by atoms with van der Waals surface area (Å²) in [6.45, 7) is 7.75. The number of thiol groups is 1. The Kier molecular flexibility index (Phi) is 4.91. The smallest absolute Gasteiger partial charge is 0.221 e. The Balaban J connectivity index is 4.27. The maximum absolute atomic E-state index is 11.0. The lowest BCUT2D eigenvalue weighted by Gasteiger charge is -2.21. The van der Waals surface area contributed by atoms with Gasteiger partial charge in [-0.05, 0) is 12.3 Å². The van der Waals surface area contributed by atoms with Crippen LogP contribution in [0.3, 0.4) is 0 Å². The van der Waals surface area contributed by atoms with Crippen LogP contribution in [0.4, 0.5) is 0 Å².